The Hall–Kier alpha value is -0.710. The molecule has 2 rings (SSSR count). The highest BCUT2D eigenvalue weighted by Crippen LogP contribution is 2.31. The van der Waals surface area contributed by atoms with E-state index in [1.165, 1.54) is 10.4 Å². The molecule has 2 aromatic heterocycles. The summed E-state index contributed by atoms with van der Waals surface area (Å²) in [5.74, 6) is 0. The van der Waals surface area contributed by atoms with E-state index in [1.807, 2.05) is 7.05 Å². The van der Waals surface area contributed by atoms with Gasteiger partial charge in [-0.1, -0.05) is 0 Å². The Bertz CT molecular complexity index is 417. The fourth-order valence-corrected chi connectivity index (χ4v) is 3.18. The molecule has 4 heteroatoms. The van der Waals surface area contributed by atoms with Crippen molar-refractivity contribution in [3.63, 3.8) is 0 Å². The summed E-state index contributed by atoms with van der Waals surface area (Å²) in [6.45, 7) is 2.98. The lowest BCUT2D eigenvalue weighted by Gasteiger charge is -1.93. The Balaban J connectivity index is 2.29. The van der Waals surface area contributed by atoms with Gasteiger partial charge in [0.25, 0.3) is 0 Å². The van der Waals surface area contributed by atoms with E-state index in [0.29, 0.717) is 0 Å². The second-order valence-electron chi connectivity index (χ2n) is 3.11. The third-order valence-corrected chi connectivity index (χ3v) is 4.03. The van der Waals surface area contributed by atoms with Crippen LogP contribution in [0.5, 0.6) is 0 Å². The first kappa shape index (κ1) is 9.83. The highest BCUT2D eigenvalue weighted by Gasteiger charge is 2.07. The average molecular weight is 224 g/mol. The van der Waals surface area contributed by atoms with Crippen molar-refractivity contribution in [2.24, 2.45) is 0 Å². The molecule has 2 aromatic rings. The summed E-state index contributed by atoms with van der Waals surface area (Å²) >= 11 is 3.48. The van der Waals surface area contributed by atoms with E-state index in [1.54, 1.807) is 22.7 Å². The molecule has 0 aliphatic carbocycles. The monoisotopic (exact) mass is 224 g/mol. The number of aryl methyl sites for hydroxylation is 1. The van der Waals surface area contributed by atoms with Gasteiger partial charge in [-0.15, -0.1) is 22.7 Å². The summed E-state index contributed by atoms with van der Waals surface area (Å²) < 4.78 is 0. The van der Waals surface area contributed by atoms with E-state index < -0.39 is 0 Å². The maximum atomic E-state index is 4.57. The summed E-state index contributed by atoms with van der Waals surface area (Å²) in [5.41, 5.74) is 2.45. The zero-order valence-corrected chi connectivity index (χ0v) is 9.84. The fourth-order valence-electron chi connectivity index (χ4n) is 1.27. The summed E-state index contributed by atoms with van der Waals surface area (Å²) in [6, 6.07) is 2.14. The molecule has 2 heterocycles. The fraction of sp³-hybridized carbons (Fsp3) is 0.300. The van der Waals surface area contributed by atoms with Gasteiger partial charge in [0, 0.05) is 11.9 Å². The molecule has 0 aromatic carbocycles. The minimum absolute atomic E-state index is 0.848. The maximum Gasteiger partial charge on any atom is 0.133 e. The molecule has 0 aliphatic rings. The van der Waals surface area contributed by atoms with Gasteiger partial charge in [0.05, 0.1) is 10.6 Å². The molecule has 1 N–H and O–H groups in total. The molecule has 0 aliphatic heterocycles. The highest BCUT2D eigenvalue weighted by atomic mass is 32.1. The first-order chi connectivity index (χ1) is 6.81. The normalized spacial score (nSPS) is 10.7. The van der Waals surface area contributed by atoms with Gasteiger partial charge in [0.15, 0.2) is 0 Å². The SMILES string of the molecule is CNCc1csc(-c2sccc2C)n1. The molecule has 0 fully saturated rings. The molecule has 0 bridgehead atoms. The van der Waals surface area contributed by atoms with Crippen molar-refractivity contribution in [1.82, 2.24) is 10.3 Å². The maximum absolute atomic E-state index is 4.57. The largest absolute Gasteiger partial charge is 0.314 e. The Labute approximate surface area is 91.6 Å². The van der Waals surface area contributed by atoms with Crippen LogP contribution in [0, 0.1) is 6.92 Å². The van der Waals surface area contributed by atoms with Crippen LogP contribution in [0.3, 0.4) is 0 Å². The van der Waals surface area contributed by atoms with Gasteiger partial charge >= 0.3 is 0 Å². The Morgan fingerprint density at radius 3 is 2.93 bits per heavy atom. The van der Waals surface area contributed by atoms with E-state index in [-0.39, 0.29) is 0 Å². The number of rotatable bonds is 3. The molecule has 0 unspecified atom stereocenters. The molecular formula is C10H12N2S2. The van der Waals surface area contributed by atoms with E-state index >= 15 is 0 Å². The third kappa shape index (κ3) is 1.87. The Morgan fingerprint density at radius 2 is 2.29 bits per heavy atom. The van der Waals surface area contributed by atoms with Crippen molar-refractivity contribution in [3.8, 4) is 9.88 Å². The van der Waals surface area contributed by atoms with Gasteiger partial charge in [-0.25, -0.2) is 4.98 Å². The van der Waals surface area contributed by atoms with Crippen molar-refractivity contribution in [2.45, 2.75) is 13.5 Å². The summed E-state index contributed by atoms with van der Waals surface area (Å²) in [7, 11) is 1.94. The number of thiazole rings is 1. The van der Waals surface area contributed by atoms with E-state index in [9.17, 15) is 0 Å². The molecule has 0 spiro atoms. The number of nitrogens with zero attached hydrogens (tertiary/aromatic N) is 1. The van der Waals surface area contributed by atoms with Crippen molar-refractivity contribution in [3.05, 3.63) is 28.1 Å². The van der Waals surface area contributed by atoms with Crippen LogP contribution in [0.2, 0.25) is 0 Å². The zero-order valence-electron chi connectivity index (χ0n) is 8.20. The first-order valence-corrected chi connectivity index (χ1v) is 6.20. The molecule has 0 atom stereocenters. The molecule has 14 heavy (non-hydrogen) atoms. The number of hydrogen-bond acceptors (Lipinski definition) is 4. The van der Waals surface area contributed by atoms with Gasteiger partial charge in [-0.2, -0.15) is 0 Å². The van der Waals surface area contributed by atoms with Crippen molar-refractivity contribution in [2.75, 3.05) is 7.05 Å². The number of aromatic nitrogens is 1. The van der Waals surface area contributed by atoms with Gasteiger partial charge in [-0.3, -0.25) is 0 Å². The molecule has 0 radical (unpaired) electrons. The van der Waals surface area contributed by atoms with E-state index in [4.69, 9.17) is 0 Å². The minimum atomic E-state index is 0.848. The number of hydrogen-bond donors (Lipinski definition) is 1. The second kappa shape index (κ2) is 4.21. The minimum Gasteiger partial charge on any atom is -0.314 e. The predicted molar refractivity (Wildman–Crippen MR) is 62.9 cm³/mol. The third-order valence-electron chi connectivity index (χ3n) is 1.97. The average Bonchev–Trinajstić information content (AvgIpc) is 2.74. The molecule has 0 amide bonds. The van der Waals surface area contributed by atoms with Crippen LogP contribution in [-0.4, -0.2) is 12.0 Å². The molecule has 0 saturated heterocycles. The van der Waals surface area contributed by atoms with Gasteiger partial charge < -0.3 is 5.32 Å². The Kier molecular flexibility index (Phi) is 2.96. The van der Waals surface area contributed by atoms with Crippen LogP contribution in [0.1, 0.15) is 11.3 Å². The topological polar surface area (TPSA) is 24.9 Å². The molecular weight excluding hydrogens is 212 g/mol. The van der Waals surface area contributed by atoms with Gasteiger partial charge in [-0.05, 0) is 31.0 Å². The van der Waals surface area contributed by atoms with Crippen molar-refractivity contribution >= 4 is 22.7 Å². The molecule has 74 valence electrons. The summed E-state index contributed by atoms with van der Waals surface area (Å²) in [6.07, 6.45) is 0. The lowest BCUT2D eigenvalue weighted by molar-refractivity contribution is 0.798. The lowest BCUT2D eigenvalue weighted by Crippen LogP contribution is -2.04. The van der Waals surface area contributed by atoms with Gasteiger partial charge in [0.1, 0.15) is 5.01 Å². The summed E-state index contributed by atoms with van der Waals surface area (Å²) in [4.78, 5) is 5.87. The predicted octanol–water partition coefficient (Wildman–Crippen LogP) is 2.90. The van der Waals surface area contributed by atoms with Crippen molar-refractivity contribution < 1.29 is 0 Å². The molecule has 2 nitrogen and oxygen atoms in total. The number of nitrogens with one attached hydrogen (secondary N) is 1. The highest BCUT2D eigenvalue weighted by molar-refractivity contribution is 7.20. The van der Waals surface area contributed by atoms with Crippen molar-refractivity contribution in [1.29, 1.82) is 0 Å². The van der Waals surface area contributed by atoms with E-state index in [2.05, 4.69) is 34.1 Å². The lowest BCUT2D eigenvalue weighted by atomic mass is 10.3. The Morgan fingerprint density at radius 1 is 1.43 bits per heavy atom. The standard InChI is InChI=1S/C10H12N2S2/c1-7-3-4-13-9(7)10-12-8(5-11-2)6-14-10/h3-4,6,11H,5H2,1-2H3. The quantitative estimate of drug-likeness (QED) is 0.867. The zero-order chi connectivity index (χ0) is 9.97. The van der Waals surface area contributed by atoms with Crippen LogP contribution < -0.4 is 5.32 Å². The smallest absolute Gasteiger partial charge is 0.133 e. The molecule has 0 saturated carbocycles. The van der Waals surface area contributed by atoms with Crippen LogP contribution in [0.25, 0.3) is 9.88 Å². The second-order valence-corrected chi connectivity index (χ2v) is 4.88. The van der Waals surface area contributed by atoms with Crippen LogP contribution >= 0.6 is 22.7 Å². The van der Waals surface area contributed by atoms with Crippen LogP contribution in [0.4, 0.5) is 0 Å². The van der Waals surface area contributed by atoms with E-state index in [0.717, 1.165) is 17.2 Å². The van der Waals surface area contributed by atoms with Crippen LogP contribution in [0.15, 0.2) is 16.8 Å². The van der Waals surface area contributed by atoms with Gasteiger partial charge in [0.2, 0.25) is 0 Å². The van der Waals surface area contributed by atoms with Crippen LogP contribution in [-0.2, 0) is 6.54 Å². The summed E-state index contributed by atoms with van der Waals surface area (Å²) in [5, 5.41) is 8.48. The first-order valence-electron chi connectivity index (χ1n) is 4.44. The number of thiophene rings is 1.